The van der Waals surface area contributed by atoms with Crippen LogP contribution in [-0.4, -0.2) is 69.5 Å². The maximum atomic E-state index is 11.5. The average Bonchev–Trinajstić information content (AvgIpc) is 2.51. The monoisotopic (exact) mass is 348 g/mol. The van der Waals surface area contributed by atoms with Crippen LogP contribution in [0.2, 0.25) is 0 Å². The summed E-state index contributed by atoms with van der Waals surface area (Å²) in [7, 11) is -2.96. The summed E-state index contributed by atoms with van der Waals surface area (Å²) in [5.74, 6) is 0.985. The second kappa shape index (κ2) is 12.6. The number of nitrogens with one attached hydrogen (secondary N) is 2. The van der Waals surface area contributed by atoms with Gasteiger partial charge in [-0.2, -0.15) is 0 Å². The molecule has 23 heavy (non-hydrogen) atoms. The van der Waals surface area contributed by atoms with Gasteiger partial charge >= 0.3 is 0 Å². The molecule has 0 saturated heterocycles. The maximum absolute atomic E-state index is 11.5. The molecular weight excluding hydrogens is 312 g/mol. The minimum absolute atomic E-state index is 0.108. The van der Waals surface area contributed by atoms with Gasteiger partial charge in [0.2, 0.25) is 0 Å². The van der Waals surface area contributed by atoms with Gasteiger partial charge in [-0.3, -0.25) is 4.99 Å². The first-order valence-electron chi connectivity index (χ1n) is 8.86. The lowest BCUT2D eigenvalue weighted by Crippen LogP contribution is -2.42. The highest BCUT2D eigenvalue weighted by atomic mass is 32.2. The van der Waals surface area contributed by atoms with Crippen molar-refractivity contribution in [2.45, 2.75) is 53.5 Å². The highest BCUT2D eigenvalue weighted by molar-refractivity contribution is 7.91. The van der Waals surface area contributed by atoms with Crippen molar-refractivity contribution in [3.8, 4) is 0 Å². The van der Waals surface area contributed by atoms with Crippen LogP contribution in [0, 0.1) is 0 Å². The predicted molar refractivity (Wildman–Crippen MR) is 99.9 cm³/mol. The van der Waals surface area contributed by atoms with Crippen molar-refractivity contribution >= 4 is 15.8 Å². The van der Waals surface area contributed by atoms with Gasteiger partial charge in [-0.05, 0) is 46.3 Å². The van der Waals surface area contributed by atoms with Crippen molar-refractivity contribution in [2.75, 3.05) is 44.2 Å². The van der Waals surface area contributed by atoms with Crippen molar-refractivity contribution in [3.05, 3.63) is 0 Å². The number of hydrogen-bond acceptors (Lipinski definition) is 4. The third-order valence-electron chi connectivity index (χ3n) is 3.85. The molecular formula is C16H36N4O2S. The average molecular weight is 349 g/mol. The Bertz CT molecular complexity index is 420. The highest BCUT2D eigenvalue weighted by Crippen LogP contribution is 2.00. The molecule has 0 aromatic rings. The Kier molecular flexibility index (Phi) is 12.1. The summed E-state index contributed by atoms with van der Waals surface area (Å²) in [5.41, 5.74) is 0. The van der Waals surface area contributed by atoms with Gasteiger partial charge in [-0.1, -0.05) is 20.8 Å². The molecule has 0 aliphatic carbocycles. The van der Waals surface area contributed by atoms with Crippen LogP contribution in [0.1, 0.15) is 47.5 Å². The van der Waals surface area contributed by atoms with Crippen molar-refractivity contribution in [1.29, 1.82) is 0 Å². The molecule has 0 heterocycles. The summed E-state index contributed by atoms with van der Waals surface area (Å²) in [4.78, 5) is 6.79. The zero-order valence-electron chi connectivity index (χ0n) is 15.6. The second-order valence-electron chi connectivity index (χ2n) is 5.71. The molecule has 0 aliphatic rings. The highest BCUT2D eigenvalue weighted by Gasteiger charge is 2.09. The molecule has 138 valence electrons. The van der Waals surface area contributed by atoms with E-state index in [0.717, 1.165) is 39.0 Å². The van der Waals surface area contributed by atoms with E-state index in [1.807, 2.05) is 6.92 Å². The van der Waals surface area contributed by atoms with Crippen LogP contribution in [0.25, 0.3) is 0 Å². The molecule has 0 rings (SSSR count). The van der Waals surface area contributed by atoms with Crippen LogP contribution >= 0.6 is 0 Å². The van der Waals surface area contributed by atoms with Crippen LogP contribution in [0.15, 0.2) is 4.99 Å². The third kappa shape index (κ3) is 11.4. The fourth-order valence-corrected chi connectivity index (χ4v) is 2.89. The molecule has 0 bridgehead atoms. The normalized spacial score (nSPS) is 14.1. The van der Waals surface area contributed by atoms with Gasteiger partial charge in [0.15, 0.2) is 15.8 Å². The fourth-order valence-electron chi connectivity index (χ4n) is 2.23. The minimum Gasteiger partial charge on any atom is -0.357 e. The van der Waals surface area contributed by atoms with Crippen LogP contribution < -0.4 is 10.6 Å². The minimum atomic E-state index is -2.96. The van der Waals surface area contributed by atoms with Crippen LogP contribution in [0.3, 0.4) is 0 Å². The molecule has 1 unspecified atom stereocenters. The van der Waals surface area contributed by atoms with E-state index in [2.05, 4.69) is 41.3 Å². The fraction of sp³-hybridized carbons (Fsp3) is 0.938. The summed E-state index contributed by atoms with van der Waals surface area (Å²) in [6.07, 6.45) is 2.20. The number of guanidine groups is 1. The van der Waals surface area contributed by atoms with Crippen LogP contribution in [0.4, 0.5) is 0 Å². The molecule has 0 radical (unpaired) electrons. The third-order valence-corrected chi connectivity index (χ3v) is 5.53. The Morgan fingerprint density at radius 1 is 1.17 bits per heavy atom. The zero-order valence-corrected chi connectivity index (χ0v) is 16.4. The Balaban J connectivity index is 4.28. The summed E-state index contributed by atoms with van der Waals surface area (Å²) in [6.45, 7) is 14.5. The van der Waals surface area contributed by atoms with Gasteiger partial charge < -0.3 is 15.5 Å². The first-order chi connectivity index (χ1) is 10.9. The molecule has 6 nitrogen and oxygen atoms in total. The van der Waals surface area contributed by atoms with Crippen LogP contribution in [0.5, 0.6) is 0 Å². The molecule has 0 fully saturated rings. The molecule has 7 heteroatoms. The molecule has 0 saturated carbocycles. The molecule has 1 atom stereocenters. The second-order valence-corrected chi connectivity index (χ2v) is 8.18. The summed E-state index contributed by atoms with van der Waals surface area (Å²) in [5, 5.41) is 6.53. The van der Waals surface area contributed by atoms with E-state index in [0.29, 0.717) is 18.5 Å². The SMILES string of the molecule is CCNC(=NCCS(=O)(=O)CC)NC(C)CCCN(CC)CC. The van der Waals surface area contributed by atoms with Gasteiger partial charge in [0.1, 0.15) is 0 Å². The number of hydrogen-bond donors (Lipinski definition) is 2. The lowest BCUT2D eigenvalue weighted by Gasteiger charge is -2.21. The number of rotatable bonds is 12. The Morgan fingerprint density at radius 3 is 2.35 bits per heavy atom. The standard InChI is InChI=1S/C16H36N4O2S/c1-6-17-16(18-12-14-23(21,22)9-4)19-15(5)11-10-13-20(7-2)8-3/h15H,6-14H2,1-5H3,(H2,17,18,19). The van der Waals surface area contributed by atoms with Crippen molar-refractivity contribution in [1.82, 2.24) is 15.5 Å². The molecule has 2 N–H and O–H groups in total. The van der Waals surface area contributed by atoms with E-state index in [-0.39, 0.29) is 11.5 Å². The zero-order chi connectivity index (χ0) is 17.7. The predicted octanol–water partition coefficient (Wildman–Crippen LogP) is 1.49. The first kappa shape index (κ1) is 22.2. The van der Waals surface area contributed by atoms with Gasteiger partial charge in [-0.15, -0.1) is 0 Å². The lowest BCUT2D eigenvalue weighted by molar-refractivity contribution is 0.292. The summed E-state index contributed by atoms with van der Waals surface area (Å²) in [6, 6.07) is 0.311. The van der Waals surface area contributed by atoms with Gasteiger partial charge in [0.05, 0.1) is 12.3 Å². The summed E-state index contributed by atoms with van der Waals surface area (Å²) < 4.78 is 23.0. The Labute approximate surface area is 143 Å². The summed E-state index contributed by atoms with van der Waals surface area (Å²) >= 11 is 0. The number of sulfone groups is 1. The van der Waals surface area contributed by atoms with Crippen molar-refractivity contribution in [3.63, 3.8) is 0 Å². The molecule has 0 aromatic carbocycles. The van der Waals surface area contributed by atoms with E-state index in [4.69, 9.17) is 0 Å². The van der Waals surface area contributed by atoms with Crippen molar-refractivity contribution in [2.24, 2.45) is 4.99 Å². The first-order valence-corrected chi connectivity index (χ1v) is 10.7. The quantitative estimate of drug-likeness (QED) is 0.413. The van der Waals surface area contributed by atoms with Gasteiger partial charge in [0, 0.05) is 18.3 Å². The maximum Gasteiger partial charge on any atom is 0.191 e. The van der Waals surface area contributed by atoms with E-state index in [1.54, 1.807) is 6.92 Å². The van der Waals surface area contributed by atoms with E-state index >= 15 is 0 Å². The van der Waals surface area contributed by atoms with E-state index in [1.165, 1.54) is 0 Å². The lowest BCUT2D eigenvalue weighted by atomic mass is 10.2. The van der Waals surface area contributed by atoms with Crippen molar-refractivity contribution < 1.29 is 8.42 Å². The van der Waals surface area contributed by atoms with Gasteiger partial charge in [-0.25, -0.2) is 8.42 Å². The number of aliphatic imine (C=N–C) groups is 1. The van der Waals surface area contributed by atoms with Gasteiger partial charge in [0.25, 0.3) is 0 Å². The Morgan fingerprint density at radius 2 is 1.83 bits per heavy atom. The van der Waals surface area contributed by atoms with Crippen LogP contribution in [-0.2, 0) is 9.84 Å². The molecule has 0 aromatic heterocycles. The molecule has 0 spiro atoms. The number of nitrogens with zero attached hydrogens (tertiary/aromatic N) is 2. The molecule has 0 amide bonds. The Hall–Kier alpha value is -0.820. The largest absolute Gasteiger partial charge is 0.357 e. The smallest absolute Gasteiger partial charge is 0.191 e. The van der Waals surface area contributed by atoms with E-state index in [9.17, 15) is 8.42 Å². The molecule has 0 aliphatic heterocycles. The topological polar surface area (TPSA) is 73.8 Å². The van der Waals surface area contributed by atoms with E-state index < -0.39 is 9.84 Å².